The fourth-order valence-electron chi connectivity index (χ4n) is 2.78. The Bertz CT molecular complexity index is 463. The Labute approximate surface area is 109 Å². The molecule has 1 aromatic rings. The predicted molar refractivity (Wildman–Crippen MR) is 63.8 cm³/mol. The van der Waals surface area contributed by atoms with E-state index in [1.807, 2.05) is 4.90 Å². The minimum absolute atomic E-state index is 0.184. The largest absolute Gasteiger partial charge is 0.433 e. The molecule has 3 rings (SSSR count). The van der Waals surface area contributed by atoms with Crippen molar-refractivity contribution in [2.75, 3.05) is 18.0 Å². The van der Waals surface area contributed by atoms with E-state index in [4.69, 9.17) is 0 Å². The van der Waals surface area contributed by atoms with Crippen molar-refractivity contribution in [2.45, 2.75) is 37.5 Å². The average molecular weight is 272 g/mol. The van der Waals surface area contributed by atoms with Crippen LogP contribution < -0.4 is 10.2 Å². The van der Waals surface area contributed by atoms with E-state index in [0.717, 1.165) is 25.3 Å². The van der Waals surface area contributed by atoms with Crippen LogP contribution in [-0.2, 0) is 6.18 Å². The highest BCUT2D eigenvalue weighted by molar-refractivity contribution is 5.32. The van der Waals surface area contributed by atoms with E-state index in [1.165, 1.54) is 6.20 Å². The van der Waals surface area contributed by atoms with Crippen LogP contribution in [0.1, 0.15) is 25.0 Å². The number of aromatic nitrogens is 2. The molecular formula is C12H15F3N4. The summed E-state index contributed by atoms with van der Waals surface area (Å²) in [6, 6.07) is 1.73. The Morgan fingerprint density at radius 2 is 2.00 bits per heavy atom. The van der Waals surface area contributed by atoms with Crippen LogP contribution in [0.2, 0.25) is 0 Å². The number of hydrogen-bond acceptors (Lipinski definition) is 4. The zero-order chi connectivity index (χ0) is 13.5. The van der Waals surface area contributed by atoms with Crippen molar-refractivity contribution in [1.29, 1.82) is 0 Å². The quantitative estimate of drug-likeness (QED) is 0.846. The number of nitrogens with zero attached hydrogens (tertiary/aromatic N) is 3. The normalized spacial score (nSPS) is 27.4. The van der Waals surface area contributed by atoms with Crippen LogP contribution in [0.5, 0.6) is 0 Å². The fourth-order valence-corrected chi connectivity index (χ4v) is 2.78. The summed E-state index contributed by atoms with van der Waals surface area (Å²) < 4.78 is 37.9. The van der Waals surface area contributed by atoms with Crippen molar-refractivity contribution in [1.82, 2.24) is 15.3 Å². The summed E-state index contributed by atoms with van der Waals surface area (Å²) >= 11 is 0. The number of nitrogens with one attached hydrogen (secondary N) is 1. The molecule has 2 atom stereocenters. The highest BCUT2D eigenvalue weighted by Crippen LogP contribution is 2.29. The van der Waals surface area contributed by atoms with Crippen molar-refractivity contribution in [3.63, 3.8) is 0 Å². The van der Waals surface area contributed by atoms with Crippen molar-refractivity contribution in [3.8, 4) is 0 Å². The first-order valence-electron chi connectivity index (χ1n) is 6.43. The van der Waals surface area contributed by atoms with E-state index in [2.05, 4.69) is 15.3 Å². The van der Waals surface area contributed by atoms with Gasteiger partial charge in [0.25, 0.3) is 0 Å². The SMILES string of the molecule is FC(F)(F)c1ccnc(N2CCC3CCC(C2)N3)n1. The van der Waals surface area contributed by atoms with Gasteiger partial charge in [0.1, 0.15) is 5.69 Å². The van der Waals surface area contributed by atoms with Gasteiger partial charge in [-0.2, -0.15) is 13.2 Å². The van der Waals surface area contributed by atoms with E-state index in [-0.39, 0.29) is 5.95 Å². The molecule has 3 heterocycles. The van der Waals surface area contributed by atoms with Crippen LogP contribution in [0.25, 0.3) is 0 Å². The topological polar surface area (TPSA) is 41.1 Å². The molecule has 2 aliphatic heterocycles. The maximum Gasteiger partial charge on any atom is 0.433 e. The highest BCUT2D eigenvalue weighted by Gasteiger charge is 2.34. The van der Waals surface area contributed by atoms with E-state index < -0.39 is 11.9 Å². The smallest absolute Gasteiger partial charge is 0.339 e. The Kier molecular flexibility index (Phi) is 3.08. The van der Waals surface area contributed by atoms with Gasteiger partial charge in [-0.15, -0.1) is 0 Å². The molecule has 2 bridgehead atoms. The number of halogens is 3. The van der Waals surface area contributed by atoms with Gasteiger partial charge in [0.05, 0.1) is 0 Å². The number of fused-ring (bicyclic) bond motifs is 2. The summed E-state index contributed by atoms with van der Waals surface area (Å²) in [7, 11) is 0. The number of hydrogen-bond donors (Lipinski definition) is 1. The van der Waals surface area contributed by atoms with Gasteiger partial charge in [-0.1, -0.05) is 0 Å². The summed E-state index contributed by atoms with van der Waals surface area (Å²) in [5.41, 5.74) is -0.875. The van der Waals surface area contributed by atoms with Gasteiger partial charge in [0, 0.05) is 31.4 Å². The molecule has 0 aliphatic carbocycles. The fraction of sp³-hybridized carbons (Fsp3) is 0.667. The second-order valence-corrected chi connectivity index (χ2v) is 5.11. The van der Waals surface area contributed by atoms with Crippen LogP contribution in [-0.4, -0.2) is 35.1 Å². The second-order valence-electron chi connectivity index (χ2n) is 5.11. The minimum atomic E-state index is -4.42. The maximum absolute atomic E-state index is 12.6. The number of alkyl halides is 3. The van der Waals surface area contributed by atoms with Crippen molar-refractivity contribution in [2.24, 2.45) is 0 Å². The molecule has 2 unspecified atom stereocenters. The molecule has 0 amide bonds. The molecule has 0 radical (unpaired) electrons. The first-order valence-corrected chi connectivity index (χ1v) is 6.43. The molecule has 2 saturated heterocycles. The van der Waals surface area contributed by atoms with E-state index >= 15 is 0 Å². The lowest BCUT2D eigenvalue weighted by molar-refractivity contribution is -0.141. The van der Waals surface area contributed by atoms with Crippen LogP contribution >= 0.6 is 0 Å². The van der Waals surface area contributed by atoms with Gasteiger partial charge in [0.15, 0.2) is 0 Å². The zero-order valence-corrected chi connectivity index (χ0v) is 10.3. The monoisotopic (exact) mass is 272 g/mol. The third kappa shape index (κ3) is 2.65. The molecular weight excluding hydrogens is 257 g/mol. The summed E-state index contributed by atoms with van der Waals surface area (Å²) in [4.78, 5) is 9.50. The Balaban J connectivity index is 1.82. The van der Waals surface area contributed by atoms with Crippen LogP contribution in [0.15, 0.2) is 12.3 Å². The molecule has 0 aromatic carbocycles. The van der Waals surface area contributed by atoms with Gasteiger partial charge < -0.3 is 10.2 Å². The maximum atomic E-state index is 12.6. The molecule has 1 aromatic heterocycles. The molecule has 0 spiro atoms. The molecule has 7 heteroatoms. The third-order valence-electron chi connectivity index (χ3n) is 3.74. The molecule has 19 heavy (non-hydrogen) atoms. The first kappa shape index (κ1) is 12.7. The van der Waals surface area contributed by atoms with Crippen LogP contribution in [0.3, 0.4) is 0 Å². The standard InChI is InChI=1S/C12H15F3N4/c13-12(14,15)10-3-5-16-11(18-10)19-6-4-8-1-2-9(7-19)17-8/h3,5,8-9,17H,1-2,4,6-7H2. The lowest BCUT2D eigenvalue weighted by Crippen LogP contribution is -2.36. The molecule has 4 nitrogen and oxygen atoms in total. The molecule has 104 valence electrons. The van der Waals surface area contributed by atoms with Crippen molar-refractivity contribution < 1.29 is 13.2 Å². The molecule has 1 N–H and O–H groups in total. The van der Waals surface area contributed by atoms with Gasteiger partial charge in [-0.25, -0.2) is 9.97 Å². The lowest BCUT2D eigenvalue weighted by atomic mass is 10.1. The van der Waals surface area contributed by atoms with Gasteiger partial charge in [-0.3, -0.25) is 0 Å². The van der Waals surface area contributed by atoms with Crippen molar-refractivity contribution >= 4 is 5.95 Å². The van der Waals surface area contributed by atoms with Crippen LogP contribution in [0, 0.1) is 0 Å². The average Bonchev–Trinajstić information content (AvgIpc) is 2.68. The zero-order valence-electron chi connectivity index (χ0n) is 10.3. The van der Waals surface area contributed by atoms with E-state index in [1.54, 1.807) is 0 Å². The van der Waals surface area contributed by atoms with Crippen molar-refractivity contribution in [3.05, 3.63) is 18.0 Å². The Morgan fingerprint density at radius 3 is 2.79 bits per heavy atom. The number of anilines is 1. The minimum Gasteiger partial charge on any atom is -0.339 e. The Hall–Kier alpha value is -1.37. The van der Waals surface area contributed by atoms with Gasteiger partial charge in [-0.05, 0) is 25.3 Å². The van der Waals surface area contributed by atoms with E-state index in [0.29, 0.717) is 25.2 Å². The number of rotatable bonds is 1. The van der Waals surface area contributed by atoms with Gasteiger partial charge >= 0.3 is 6.18 Å². The highest BCUT2D eigenvalue weighted by atomic mass is 19.4. The predicted octanol–water partition coefficient (Wildman–Crippen LogP) is 1.83. The second kappa shape index (κ2) is 4.63. The molecule has 0 saturated carbocycles. The van der Waals surface area contributed by atoms with Gasteiger partial charge in [0.2, 0.25) is 5.95 Å². The third-order valence-corrected chi connectivity index (χ3v) is 3.74. The molecule has 2 fully saturated rings. The summed E-state index contributed by atoms with van der Waals surface area (Å²) in [6.45, 7) is 1.38. The summed E-state index contributed by atoms with van der Waals surface area (Å²) in [6.07, 6.45) is -0.0826. The molecule has 2 aliphatic rings. The van der Waals surface area contributed by atoms with E-state index in [9.17, 15) is 13.2 Å². The summed E-state index contributed by atoms with van der Waals surface area (Å²) in [5, 5.41) is 3.48. The summed E-state index contributed by atoms with van der Waals surface area (Å²) in [5.74, 6) is 0.184. The van der Waals surface area contributed by atoms with Crippen LogP contribution in [0.4, 0.5) is 19.1 Å². The Morgan fingerprint density at radius 1 is 1.21 bits per heavy atom. The lowest BCUT2D eigenvalue weighted by Gasteiger charge is -2.24. The first-order chi connectivity index (χ1) is 9.02.